The van der Waals surface area contributed by atoms with Crippen molar-refractivity contribution in [2.75, 3.05) is 63.7 Å². The lowest BCUT2D eigenvalue weighted by Gasteiger charge is -2.24. The SMILES string of the molecule is COCCCNc1nc2nonc2nc1N(C)CC1CCN(CC(C)C)C1. The number of anilines is 2. The van der Waals surface area contributed by atoms with Crippen LogP contribution in [0.2, 0.25) is 0 Å². The van der Waals surface area contributed by atoms with E-state index in [-0.39, 0.29) is 0 Å². The summed E-state index contributed by atoms with van der Waals surface area (Å²) in [5.74, 6) is 2.84. The van der Waals surface area contributed by atoms with Crippen LogP contribution >= 0.6 is 0 Å². The summed E-state index contributed by atoms with van der Waals surface area (Å²) in [5.41, 5.74) is 0.859. The molecule has 0 aromatic carbocycles. The third-order valence-electron chi connectivity index (χ3n) is 4.80. The summed E-state index contributed by atoms with van der Waals surface area (Å²) in [6, 6.07) is 0. The smallest absolute Gasteiger partial charge is 0.245 e. The second-order valence-electron chi connectivity index (χ2n) is 7.77. The first kappa shape index (κ1) is 19.8. The zero-order valence-electron chi connectivity index (χ0n) is 16.8. The minimum atomic E-state index is 0.422. The van der Waals surface area contributed by atoms with Gasteiger partial charge >= 0.3 is 0 Å². The van der Waals surface area contributed by atoms with Crippen LogP contribution in [0.15, 0.2) is 4.63 Å². The van der Waals surface area contributed by atoms with Gasteiger partial charge in [-0.25, -0.2) is 14.6 Å². The second-order valence-corrected chi connectivity index (χ2v) is 7.77. The van der Waals surface area contributed by atoms with Gasteiger partial charge in [-0.2, -0.15) is 0 Å². The zero-order valence-corrected chi connectivity index (χ0v) is 16.8. The molecule has 9 heteroatoms. The van der Waals surface area contributed by atoms with Crippen LogP contribution in [0.3, 0.4) is 0 Å². The molecule has 0 amide bonds. The van der Waals surface area contributed by atoms with Crippen LogP contribution in [0.4, 0.5) is 11.6 Å². The van der Waals surface area contributed by atoms with Crippen molar-refractivity contribution in [3.63, 3.8) is 0 Å². The summed E-state index contributed by atoms with van der Waals surface area (Å²) in [6.07, 6.45) is 2.11. The van der Waals surface area contributed by atoms with E-state index < -0.39 is 0 Å². The molecular weight excluding hydrogens is 346 g/mol. The molecule has 0 bridgehead atoms. The van der Waals surface area contributed by atoms with Gasteiger partial charge < -0.3 is 19.9 Å². The van der Waals surface area contributed by atoms with Crippen LogP contribution in [0, 0.1) is 11.8 Å². The molecule has 0 radical (unpaired) electrons. The molecule has 3 rings (SSSR count). The van der Waals surface area contributed by atoms with Crippen LogP contribution in [0.1, 0.15) is 26.7 Å². The molecule has 0 aliphatic carbocycles. The quantitative estimate of drug-likeness (QED) is 0.623. The fourth-order valence-electron chi connectivity index (χ4n) is 3.66. The predicted molar refractivity (Wildman–Crippen MR) is 105 cm³/mol. The molecule has 0 saturated carbocycles. The van der Waals surface area contributed by atoms with Crippen molar-refractivity contribution < 1.29 is 9.37 Å². The maximum atomic E-state index is 5.11. The van der Waals surface area contributed by atoms with E-state index in [1.165, 1.54) is 19.5 Å². The molecule has 1 unspecified atom stereocenters. The fourth-order valence-corrected chi connectivity index (χ4v) is 3.66. The molecule has 2 aromatic heterocycles. The van der Waals surface area contributed by atoms with Gasteiger partial charge in [-0.1, -0.05) is 13.8 Å². The van der Waals surface area contributed by atoms with Crippen LogP contribution in [-0.4, -0.2) is 78.7 Å². The van der Waals surface area contributed by atoms with Gasteiger partial charge in [0.15, 0.2) is 11.6 Å². The van der Waals surface area contributed by atoms with Gasteiger partial charge in [0.1, 0.15) is 0 Å². The minimum Gasteiger partial charge on any atom is -0.385 e. The summed E-state index contributed by atoms with van der Waals surface area (Å²) in [5, 5.41) is 11.0. The van der Waals surface area contributed by atoms with Crippen LogP contribution in [-0.2, 0) is 4.74 Å². The van der Waals surface area contributed by atoms with Crippen LogP contribution < -0.4 is 10.2 Å². The first-order valence-electron chi connectivity index (χ1n) is 9.73. The molecule has 1 aliphatic heterocycles. The van der Waals surface area contributed by atoms with E-state index in [9.17, 15) is 0 Å². The molecule has 1 atom stereocenters. The average molecular weight is 377 g/mol. The number of aromatic nitrogens is 4. The van der Waals surface area contributed by atoms with E-state index in [2.05, 4.69) is 56.3 Å². The molecule has 27 heavy (non-hydrogen) atoms. The molecular formula is C18H31N7O2. The van der Waals surface area contributed by atoms with Gasteiger partial charge in [0.2, 0.25) is 11.3 Å². The maximum absolute atomic E-state index is 5.11. The van der Waals surface area contributed by atoms with Gasteiger partial charge in [-0.05, 0) is 41.5 Å². The Morgan fingerprint density at radius 2 is 2.07 bits per heavy atom. The normalized spacial score (nSPS) is 17.9. The Bertz CT molecular complexity index is 721. The Labute approximate surface area is 160 Å². The van der Waals surface area contributed by atoms with E-state index in [1.54, 1.807) is 7.11 Å². The van der Waals surface area contributed by atoms with E-state index in [0.29, 0.717) is 35.6 Å². The second kappa shape index (κ2) is 9.27. The topological polar surface area (TPSA) is 92.4 Å². The predicted octanol–water partition coefficient (Wildman–Crippen LogP) is 1.88. The number of nitrogens with zero attached hydrogens (tertiary/aromatic N) is 6. The Hall–Kier alpha value is -2.00. The van der Waals surface area contributed by atoms with Crippen molar-refractivity contribution in [1.29, 1.82) is 0 Å². The van der Waals surface area contributed by atoms with Crippen molar-refractivity contribution in [2.24, 2.45) is 11.8 Å². The minimum absolute atomic E-state index is 0.422. The molecule has 0 spiro atoms. The molecule has 1 N–H and O–H groups in total. The van der Waals surface area contributed by atoms with E-state index in [0.717, 1.165) is 31.9 Å². The summed E-state index contributed by atoms with van der Waals surface area (Å²) in [4.78, 5) is 13.9. The number of ether oxygens (including phenoxy) is 1. The molecule has 1 fully saturated rings. The largest absolute Gasteiger partial charge is 0.385 e. The number of hydrogen-bond acceptors (Lipinski definition) is 9. The lowest BCUT2D eigenvalue weighted by molar-refractivity contribution is 0.198. The fraction of sp³-hybridized carbons (Fsp3) is 0.778. The molecule has 9 nitrogen and oxygen atoms in total. The van der Waals surface area contributed by atoms with E-state index in [1.807, 2.05) is 0 Å². The molecule has 3 heterocycles. The molecule has 2 aromatic rings. The number of nitrogens with one attached hydrogen (secondary N) is 1. The summed E-state index contributed by atoms with van der Waals surface area (Å²) in [7, 11) is 3.77. The molecule has 1 aliphatic rings. The lowest BCUT2D eigenvalue weighted by atomic mass is 10.1. The highest BCUT2D eigenvalue weighted by molar-refractivity contribution is 5.73. The summed E-state index contributed by atoms with van der Waals surface area (Å²) >= 11 is 0. The lowest BCUT2D eigenvalue weighted by Crippen LogP contribution is -2.30. The Morgan fingerprint density at radius 1 is 1.30 bits per heavy atom. The highest BCUT2D eigenvalue weighted by atomic mass is 16.6. The van der Waals surface area contributed by atoms with E-state index >= 15 is 0 Å². The van der Waals surface area contributed by atoms with Crippen molar-refractivity contribution in [3.05, 3.63) is 0 Å². The molecule has 150 valence electrons. The van der Waals surface area contributed by atoms with Gasteiger partial charge in [0, 0.05) is 46.9 Å². The molecule has 1 saturated heterocycles. The number of methoxy groups -OCH3 is 1. The highest BCUT2D eigenvalue weighted by Crippen LogP contribution is 2.26. The van der Waals surface area contributed by atoms with Crippen molar-refractivity contribution in [1.82, 2.24) is 25.2 Å². The Morgan fingerprint density at radius 3 is 2.81 bits per heavy atom. The maximum Gasteiger partial charge on any atom is 0.245 e. The van der Waals surface area contributed by atoms with Crippen LogP contribution in [0.25, 0.3) is 11.3 Å². The Kier molecular flexibility index (Phi) is 6.78. The third-order valence-corrected chi connectivity index (χ3v) is 4.80. The first-order chi connectivity index (χ1) is 13.1. The average Bonchev–Trinajstić information content (AvgIpc) is 3.26. The number of hydrogen-bond donors (Lipinski definition) is 1. The van der Waals surface area contributed by atoms with E-state index in [4.69, 9.17) is 9.37 Å². The van der Waals surface area contributed by atoms with Crippen molar-refractivity contribution in [2.45, 2.75) is 26.7 Å². The Balaban J connectivity index is 1.67. The third kappa shape index (κ3) is 5.26. The van der Waals surface area contributed by atoms with Gasteiger partial charge in [0.25, 0.3) is 0 Å². The first-order valence-corrected chi connectivity index (χ1v) is 9.73. The van der Waals surface area contributed by atoms with Gasteiger partial charge in [0.05, 0.1) is 0 Å². The van der Waals surface area contributed by atoms with Gasteiger partial charge in [-0.15, -0.1) is 0 Å². The summed E-state index contributed by atoms with van der Waals surface area (Å²) < 4.78 is 9.90. The van der Waals surface area contributed by atoms with Crippen LogP contribution in [0.5, 0.6) is 0 Å². The van der Waals surface area contributed by atoms with Crippen molar-refractivity contribution in [3.8, 4) is 0 Å². The number of fused-ring (bicyclic) bond motifs is 1. The number of likely N-dealkylation sites (tertiary alicyclic amines) is 1. The van der Waals surface area contributed by atoms with Crippen molar-refractivity contribution >= 4 is 22.9 Å². The van der Waals surface area contributed by atoms with Gasteiger partial charge in [-0.3, -0.25) is 0 Å². The standard InChI is InChI=1S/C18H31N7O2/c1-13(2)10-25-8-6-14(12-25)11-24(3)18-17(19-7-5-9-26-4)20-15-16(21-18)23-27-22-15/h13-14H,5-12H2,1-4H3,(H,19,20,22). The summed E-state index contributed by atoms with van der Waals surface area (Å²) in [6.45, 7) is 10.4. The monoisotopic (exact) mass is 377 g/mol. The highest BCUT2D eigenvalue weighted by Gasteiger charge is 2.25. The number of rotatable bonds is 10. The zero-order chi connectivity index (χ0) is 19.2.